The minimum absolute atomic E-state index is 0.0810. The molecule has 0 aromatic heterocycles. The van der Waals surface area contributed by atoms with E-state index in [0.29, 0.717) is 5.92 Å². The first-order valence-corrected chi connectivity index (χ1v) is 8.93. The summed E-state index contributed by atoms with van der Waals surface area (Å²) in [6, 6.07) is 5.61. The Labute approximate surface area is 123 Å². The van der Waals surface area contributed by atoms with E-state index in [9.17, 15) is 13.2 Å². The fourth-order valence-electron chi connectivity index (χ4n) is 2.48. The lowest BCUT2D eigenvalue weighted by Crippen LogP contribution is -2.24. The molecule has 0 bridgehead atoms. The molecule has 0 spiro atoms. The molecule has 1 aliphatic carbocycles. The van der Waals surface area contributed by atoms with Crippen molar-refractivity contribution in [2.45, 2.75) is 43.6 Å². The highest BCUT2D eigenvalue weighted by atomic mass is 35.7. The Balaban J connectivity index is 2.09. The average molecular weight is 317 g/mol. The van der Waals surface area contributed by atoms with Gasteiger partial charge in [0.2, 0.25) is 0 Å². The van der Waals surface area contributed by atoms with Gasteiger partial charge in [0.25, 0.3) is 9.05 Å². The van der Waals surface area contributed by atoms with Gasteiger partial charge in [-0.05, 0) is 43.4 Å². The van der Waals surface area contributed by atoms with Gasteiger partial charge in [-0.15, -0.1) is 0 Å². The van der Waals surface area contributed by atoms with Gasteiger partial charge in [-0.2, -0.15) is 0 Å². The minimum Gasteiger partial charge on any atom is -0.459 e. The first-order chi connectivity index (χ1) is 9.36. The quantitative estimate of drug-likeness (QED) is 0.634. The molecule has 1 aromatic carbocycles. The number of carbonyl (C=O) groups is 1. The van der Waals surface area contributed by atoms with Gasteiger partial charge in [-0.25, -0.2) is 13.2 Å². The van der Waals surface area contributed by atoms with Crippen molar-refractivity contribution in [3.05, 3.63) is 29.8 Å². The molecule has 20 heavy (non-hydrogen) atoms. The highest BCUT2D eigenvalue weighted by molar-refractivity contribution is 8.13. The molecule has 1 fully saturated rings. The summed E-state index contributed by atoms with van der Waals surface area (Å²) in [5, 5.41) is 0. The zero-order valence-electron chi connectivity index (χ0n) is 11.2. The summed E-state index contributed by atoms with van der Waals surface area (Å²) in [4.78, 5) is 11.9. The molecule has 0 amide bonds. The molecule has 2 atom stereocenters. The van der Waals surface area contributed by atoms with Crippen molar-refractivity contribution in [2.75, 3.05) is 0 Å². The van der Waals surface area contributed by atoms with E-state index in [-0.39, 0.29) is 16.6 Å². The second kappa shape index (κ2) is 6.14. The van der Waals surface area contributed by atoms with Crippen LogP contribution >= 0.6 is 10.7 Å². The lowest BCUT2D eigenvalue weighted by atomic mass is 9.89. The lowest BCUT2D eigenvalue weighted by molar-refractivity contribution is 0.0155. The van der Waals surface area contributed by atoms with Crippen molar-refractivity contribution in [1.29, 1.82) is 0 Å². The topological polar surface area (TPSA) is 60.4 Å². The Kier molecular flexibility index (Phi) is 4.70. The van der Waals surface area contributed by atoms with Crippen LogP contribution < -0.4 is 0 Å². The van der Waals surface area contributed by atoms with Gasteiger partial charge in [0.05, 0.1) is 10.5 Å². The van der Waals surface area contributed by atoms with Crippen LogP contribution in [-0.4, -0.2) is 20.5 Å². The van der Waals surface area contributed by atoms with Crippen molar-refractivity contribution in [2.24, 2.45) is 5.92 Å². The molecule has 2 unspecified atom stereocenters. The van der Waals surface area contributed by atoms with Crippen LogP contribution in [-0.2, 0) is 13.8 Å². The lowest BCUT2D eigenvalue weighted by Gasteiger charge is -2.26. The Morgan fingerprint density at radius 1 is 1.35 bits per heavy atom. The molecule has 2 rings (SSSR count). The summed E-state index contributed by atoms with van der Waals surface area (Å²) in [5.41, 5.74) is 0.213. The Morgan fingerprint density at radius 2 is 2.10 bits per heavy atom. The SMILES string of the molecule is CC1CCCC(OC(=O)c2cccc(S(=O)(=O)Cl)c2)C1. The van der Waals surface area contributed by atoms with Gasteiger partial charge in [-0.3, -0.25) is 0 Å². The fourth-order valence-corrected chi connectivity index (χ4v) is 3.28. The predicted octanol–water partition coefficient (Wildman–Crippen LogP) is 3.35. The number of esters is 1. The minimum atomic E-state index is -3.84. The van der Waals surface area contributed by atoms with Gasteiger partial charge in [0.1, 0.15) is 6.10 Å². The van der Waals surface area contributed by atoms with Gasteiger partial charge in [-0.1, -0.05) is 19.4 Å². The van der Waals surface area contributed by atoms with E-state index in [1.807, 2.05) is 0 Å². The molecular formula is C14H17ClO4S. The van der Waals surface area contributed by atoms with Gasteiger partial charge in [0, 0.05) is 10.7 Å². The molecular weight excluding hydrogens is 300 g/mol. The molecule has 1 aliphatic rings. The maximum Gasteiger partial charge on any atom is 0.338 e. The molecule has 0 aliphatic heterocycles. The standard InChI is InChI=1S/C14H17ClO4S/c1-10-4-2-6-12(8-10)19-14(16)11-5-3-7-13(9-11)20(15,17)18/h3,5,7,9-10,12H,2,4,6,8H2,1H3. The molecule has 0 heterocycles. The van der Waals surface area contributed by atoms with Crippen LogP contribution in [0, 0.1) is 5.92 Å². The molecule has 110 valence electrons. The van der Waals surface area contributed by atoms with Crippen molar-refractivity contribution in [3.63, 3.8) is 0 Å². The van der Waals surface area contributed by atoms with Crippen molar-refractivity contribution in [1.82, 2.24) is 0 Å². The van der Waals surface area contributed by atoms with E-state index >= 15 is 0 Å². The normalized spacial score (nSPS) is 23.3. The van der Waals surface area contributed by atoms with Gasteiger partial charge >= 0.3 is 5.97 Å². The monoisotopic (exact) mass is 316 g/mol. The number of halogens is 1. The number of ether oxygens (including phenoxy) is 1. The predicted molar refractivity (Wildman–Crippen MR) is 76.3 cm³/mol. The summed E-state index contributed by atoms with van der Waals surface area (Å²) in [7, 11) is 1.43. The van der Waals surface area contributed by atoms with E-state index < -0.39 is 15.0 Å². The zero-order valence-corrected chi connectivity index (χ0v) is 12.8. The molecule has 6 heteroatoms. The van der Waals surface area contributed by atoms with E-state index in [1.165, 1.54) is 24.3 Å². The number of hydrogen-bond acceptors (Lipinski definition) is 4. The van der Waals surface area contributed by atoms with Crippen molar-refractivity contribution in [3.8, 4) is 0 Å². The number of carbonyl (C=O) groups excluding carboxylic acids is 1. The van der Waals surface area contributed by atoms with Gasteiger partial charge in [0.15, 0.2) is 0 Å². The van der Waals surface area contributed by atoms with E-state index in [0.717, 1.165) is 25.7 Å². The third-order valence-corrected chi connectivity index (χ3v) is 4.86. The van der Waals surface area contributed by atoms with Crippen LogP contribution in [0.5, 0.6) is 0 Å². The highest BCUT2D eigenvalue weighted by Gasteiger charge is 2.23. The average Bonchev–Trinajstić information content (AvgIpc) is 2.38. The summed E-state index contributed by atoms with van der Waals surface area (Å²) < 4.78 is 27.9. The Hall–Kier alpha value is -1.07. The number of hydrogen-bond donors (Lipinski definition) is 0. The number of benzene rings is 1. The summed E-state index contributed by atoms with van der Waals surface area (Å²) in [6.45, 7) is 2.14. The van der Waals surface area contributed by atoms with Crippen LogP contribution in [0.3, 0.4) is 0 Å². The van der Waals surface area contributed by atoms with E-state index in [2.05, 4.69) is 6.92 Å². The van der Waals surface area contributed by atoms with Crippen LogP contribution in [0.4, 0.5) is 0 Å². The van der Waals surface area contributed by atoms with E-state index in [4.69, 9.17) is 15.4 Å². The zero-order chi connectivity index (χ0) is 14.8. The Morgan fingerprint density at radius 3 is 2.75 bits per heavy atom. The smallest absolute Gasteiger partial charge is 0.338 e. The second-order valence-corrected chi connectivity index (χ2v) is 7.83. The second-order valence-electron chi connectivity index (χ2n) is 5.26. The van der Waals surface area contributed by atoms with Crippen LogP contribution in [0.1, 0.15) is 43.0 Å². The highest BCUT2D eigenvalue weighted by Crippen LogP contribution is 2.26. The van der Waals surface area contributed by atoms with Gasteiger partial charge < -0.3 is 4.74 Å². The third-order valence-electron chi connectivity index (χ3n) is 3.51. The summed E-state index contributed by atoms with van der Waals surface area (Å²) in [6.07, 6.45) is 3.86. The summed E-state index contributed by atoms with van der Waals surface area (Å²) >= 11 is 0. The first-order valence-electron chi connectivity index (χ1n) is 6.62. The molecule has 1 saturated carbocycles. The third kappa shape index (κ3) is 3.96. The molecule has 0 radical (unpaired) electrons. The van der Waals surface area contributed by atoms with Crippen LogP contribution in [0.2, 0.25) is 0 Å². The van der Waals surface area contributed by atoms with Crippen molar-refractivity contribution >= 4 is 25.7 Å². The van der Waals surface area contributed by atoms with Crippen LogP contribution in [0.15, 0.2) is 29.2 Å². The molecule has 1 aromatic rings. The van der Waals surface area contributed by atoms with Crippen molar-refractivity contribution < 1.29 is 17.9 Å². The van der Waals surface area contributed by atoms with Crippen LogP contribution in [0.25, 0.3) is 0 Å². The number of rotatable bonds is 3. The maximum absolute atomic E-state index is 12.0. The molecule has 0 N–H and O–H groups in total. The molecule has 0 saturated heterocycles. The largest absolute Gasteiger partial charge is 0.459 e. The first kappa shape index (κ1) is 15.3. The molecule has 4 nitrogen and oxygen atoms in total. The summed E-state index contributed by atoms with van der Waals surface area (Å²) in [5.74, 6) is 0.0578. The van der Waals surface area contributed by atoms with E-state index in [1.54, 1.807) is 0 Å². The maximum atomic E-state index is 12.0. The fraction of sp³-hybridized carbons (Fsp3) is 0.500. The Bertz CT molecular complexity index is 597.